The Hall–Kier alpha value is 0.455. The van der Waals surface area contributed by atoms with E-state index < -0.39 is 12.4 Å². The second-order valence-electron chi connectivity index (χ2n) is 2.92. The van der Waals surface area contributed by atoms with Gasteiger partial charge in [0.2, 0.25) is 0 Å². The summed E-state index contributed by atoms with van der Waals surface area (Å²) in [5.41, 5.74) is 0. The minimum Gasteiger partial charge on any atom is -0.807 e. The summed E-state index contributed by atoms with van der Waals surface area (Å²) < 4.78 is 0. The summed E-state index contributed by atoms with van der Waals surface area (Å²) in [6, 6.07) is 8.56. The second-order valence-corrected chi connectivity index (χ2v) is 6.40. The molecule has 8 heteroatoms. The van der Waals surface area contributed by atoms with Crippen molar-refractivity contribution in [3.63, 3.8) is 0 Å². The molecule has 1 aromatic rings. The van der Waals surface area contributed by atoms with Crippen molar-refractivity contribution in [1.29, 1.82) is 0 Å². The van der Waals surface area contributed by atoms with E-state index in [1.165, 1.54) is 0 Å². The third-order valence-electron chi connectivity index (χ3n) is 1.75. The molecule has 0 radical (unpaired) electrons. The molecule has 0 amide bonds. The van der Waals surface area contributed by atoms with Crippen LogP contribution >= 0.6 is 6.42 Å². The fraction of sp³-hybridized carbons (Fsp3) is 0.222. The van der Waals surface area contributed by atoms with Crippen LogP contribution in [-0.4, -0.2) is 12.5 Å². The van der Waals surface area contributed by atoms with Crippen LogP contribution in [0.5, 0.6) is 0 Å². The average molecular weight is 257 g/mol. The molecule has 0 saturated carbocycles. The SMILES string of the molecule is O=C([O-])CCNP([O-])(=S)c1ccccc1.[Li+].[Li+]. The Kier molecular flexibility index (Phi) is 10.9. The van der Waals surface area contributed by atoms with Gasteiger partial charge in [-0.05, 0) is 18.1 Å². The Morgan fingerprint density at radius 1 is 1.29 bits per heavy atom. The van der Waals surface area contributed by atoms with Gasteiger partial charge in [0, 0.05) is 12.5 Å². The van der Waals surface area contributed by atoms with Crippen molar-refractivity contribution in [3.05, 3.63) is 30.3 Å². The Balaban J connectivity index is 0. The number of carboxylic acid groups (broad SMARTS) is 1. The number of aliphatic carboxylic acids is 1. The molecule has 82 valence electrons. The van der Waals surface area contributed by atoms with Crippen LogP contribution < -0.4 is 58.1 Å². The van der Waals surface area contributed by atoms with E-state index >= 15 is 0 Å². The normalized spacial score (nSPS) is 12.8. The number of carboxylic acids is 1. The smallest absolute Gasteiger partial charge is 0.807 e. The third kappa shape index (κ3) is 7.47. The largest absolute Gasteiger partial charge is 1.00 e. The summed E-state index contributed by atoms with van der Waals surface area (Å²) >= 11 is 4.89. The fourth-order valence-electron chi connectivity index (χ4n) is 1.02. The Bertz CT molecular complexity index is 391. The number of rotatable bonds is 5. The topological polar surface area (TPSA) is 75.2 Å². The standard InChI is InChI=1S/C9H12NO3PS.2Li/c11-9(12)6-7-10-14(13,15)8-4-2-1-3-5-8;;/h1-5H,6-7H2,(H,11,12)(H2,10,13,15);;/q;2*+1/p-2. The van der Waals surface area contributed by atoms with Crippen LogP contribution in [0.3, 0.4) is 0 Å². The van der Waals surface area contributed by atoms with E-state index in [2.05, 4.69) is 5.09 Å². The van der Waals surface area contributed by atoms with Crippen LogP contribution in [0.4, 0.5) is 0 Å². The molecule has 0 aliphatic rings. The summed E-state index contributed by atoms with van der Waals surface area (Å²) in [7, 11) is 0. The van der Waals surface area contributed by atoms with Crippen LogP contribution in [0.15, 0.2) is 30.3 Å². The van der Waals surface area contributed by atoms with Crippen LogP contribution in [-0.2, 0) is 16.6 Å². The van der Waals surface area contributed by atoms with E-state index in [-0.39, 0.29) is 50.7 Å². The summed E-state index contributed by atoms with van der Waals surface area (Å²) in [5.74, 6) is -1.19. The molecule has 1 aromatic carbocycles. The first-order chi connectivity index (χ1) is 7.02. The van der Waals surface area contributed by atoms with Gasteiger partial charge >= 0.3 is 37.7 Å². The number of carbonyl (C=O) groups is 1. The van der Waals surface area contributed by atoms with E-state index in [0.717, 1.165) is 0 Å². The maximum Gasteiger partial charge on any atom is 1.00 e. The van der Waals surface area contributed by atoms with E-state index in [4.69, 9.17) is 11.8 Å². The zero-order valence-corrected chi connectivity index (χ0v) is 11.6. The molecule has 1 unspecified atom stereocenters. The molecule has 1 rings (SSSR count). The molecule has 1 atom stereocenters. The van der Waals surface area contributed by atoms with E-state index in [9.17, 15) is 14.8 Å². The van der Waals surface area contributed by atoms with Gasteiger partial charge in [-0.2, -0.15) is 0 Å². The van der Waals surface area contributed by atoms with Gasteiger partial charge in [0.05, 0.1) is 0 Å². The van der Waals surface area contributed by atoms with Crippen molar-refractivity contribution in [2.45, 2.75) is 6.42 Å². The molecule has 0 fully saturated rings. The monoisotopic (exact) mass is 257 g/mol. The molecule has 0 aromatic heterocycles. The Labute approximate surface area is 130 Å². The average Bonchev–Trinajstić information content (AvgIpc) is 2.18. The molecule has 0 saturated heterocycles. The van der Waals surface area contributed by atoms with Gasteiger partial charge in [-0.1, -0.05) is 42.1 Å². The van der Waals surface area contributed by atoms with E-state index in [1.807, 2.05) is 0 Å². The van der Waals surface area contributed by atoms with E-state index in [1.54, 1.807) is 30.3 Å². The molecule has 0 bridgehead atoms. The summed E-state index contributed by atoms with van der Waals surface area (Å²) in [6.07, 6.45) is -3.26. The molecule has 0 aliphatic heterocycles. The summed E-state index contributed by atoms with van der Waals surface area (Å²) in [4.78, 5) is 22.0. The van der Waals surface area contributed by atoms with Crippen molar-refractivity contribution in [2.24, 2.45) is 0 Å². The Morgan fingerprint density at radius 3 is 2.29 bits per heavy atom. The zero-order chi connectivity index (χ0) is 11.3. The van der Waals surface area contributed by atoms with Gasteiger partial charge in [-0.15, -0.1) is 0 Å². The van der Waals surface area contributed by atoms with Crippen LogP contribution in [0.1, 0.15) is 6.42 Å². The predicted molar refractivity (Wildman–Crippen MR) is 58.0 cm³/mol. The van der Waals surface area contributed by atoms with Crippen molar-refractivity contribution < 1.29 is 52.5 Å². The van der Waals surface area contributed by atoms with Crippen LogP contribution in [0.25, 0.3) is 0 Å². The third-order valence-corrected chi connectivity index (χ3v) is 4.38. The first-order valence-corrected chi connectivity index (χ1v) is 7.06. The quantitative estimate of drug-likeness (QED) is 0.419. The van der Waals surface area contributed by atoms with Crippen LogP contribution in [0.2, 0.25) is 0 Å². The molecule has 0 heterocycles. The molecule has 0 spiro atoms. The molecule has 0 aliphatic carbocycles. The maximum absolute atomic E-state index is 11.9. The number of hydrogen-bond donors (Lipinski definition) is 1. The van der Waals surface area contributed by atoms with Crippen molar-refractivity contribution in [3.8, 4) is 0 Å². The second kappa shape index (κ2) is 9.39. The summed E-state index contributed by atoms with van der Waals surface area (Å²) in [5, 5.41) is 13.2. The predicted octanol–water partition coefficient (Wildman–Crippen LogP) is -7.28. The van der Waals surface area contributed by atoms with Gasteiger partial charge in [-0.25, -0.2) is 0 Å². The van der Waals surface area contributed by atoms with Crippen molar-refractivity contribution >= 4 is 29.5 Å². The van der Waals surface area contributed by atoms with Gasteiger partial charge in [0.15, 0.2) is 0 Å². The maximum atomic E-state index is 11.9. The van der Waals surface area contributed by atoms with Crippen LogP contribution in [0, 0.1) is 0 Å². The number of nitrogens with one attached hydrogen (secondary N) is 1. The first kappa shape index (κ1) is 19.8. The van der Waals surface area contributed by atoms with Gasteiger partial charge in [-0.3, -0.25) is 5.09 Å². The van der Waals surface area contributed by atoms with Crippen molar-refractivity contribution in [2.75, 3.05) is 6.54 Å². The molecule has 17 heavy (non-hydrogen) atoms. The molecular weight excluding hydrogens is 247 g/mol. The van der Waals surface area contributed by atoms with Gasteiger partial charge < -0.3 is 14.8 Å². The first-order valence-electron chi connectivity index (χ1n) is 4.34. The van der Waals surface area contributed by atoms with Crippen molar-refractivity contribution in [1.82, 2.24) is 5.09 Å². The number of carbonyl (C=O) groups excluding carboxylic acids is 1. The minimum absolute atomic E-state index is 0. The number of hydrogen-bond acceptors (Lipinski definition) is 4. The Morgan fingerprint density at radius 2 is 1.82 bits per heavy atom. The molecule has 4 nitrogen and oxygen atoms in total. The number of benzene rings is 1. The van der Waals surface area contributed by atoms with E-state index in [0.29, 0.717) is 5.30 Å². The van der Waals surface area contributed by atoms with Gasteiger partial charge in [0.1, 0.15) is 0 Å². The summed E-state index contributed by atoms with van der Waals surface area (Å²) in [6.45, 7) is 0.0536. The fourth-order valence-corrected chi connectivity index (χ4v) is 2.81. The zero-order valence-electron chi connectivity index (χ0n) is 9.88. The van der Waals surface area contributed by atoms with Gasteiger partial charge in [0.25, 0.3) is 0 Å². The minimum atomic E-state index is -3.06. The molecular formula is C9H10Li2NO3PS. The molecule has 1 N–H and O–H groups in total.